The van der Waals surface area contributed by atoms with Gasteiger partial charge >= 0.3 is 6.03 Å². The lowest BCUT2D eigenvalue weighted by atomic mass is 10.2. The lowest BCUT2D eigenvalue weighted by Gasteiger charge is -2.22. The summed E-state index contributed by atoms with van der Waals surface area (Å²) >= 11 is 0. The van der Waals surface area contributed by atoms with Gasteiger partial charge in [-0.15, -0.1) is 0 Å². The molecule has 1 aliphatic rings. The topological polar surface area (TPSA) is 63.1 Å². The summed E-state index contributed by atoms with van der Waals surface area (Å²) in [6, 6.07) is 15.6. The highest BCUT2D eigenvalue weighted by molar-refractivity contribution is 6.01. The van der Waals surface area contributed by atoms with E-state index in [2.05, 4.69) is 10.4 Å². The van der Waals surface area contributed by atoms with Crippen molar-refractivity contribution in [1.82, 2.24) is 14.8 Å². The third-order valence-corrected chi connectivity index (χ3v) is 5.19. The van der Waals surface area contributed by atoms with Crippen LogP contribution in [0.25, 0.3) is 0 Å². The maximum Gasteiger partial charge on any atom is 0.326 e. The van der Waals surface area contributed by atoms with Gasteiger partial charge in [-0.1, -0.05) is 30.7 Å². The van der Waals surface area contributed by atoms with Gasteiger partial charge in [-0.2, -0.15) is 5.10 Å². The maximum atomic E-state index is 13.2. The van der Waals surface area contributed by atoms with Gasteiger partial charge in [0.05, 0.1) is 6.54 Å². The molecule has 2 heterocycles. The SMILES string of the molecule is Cc1cccc(NC(=O)N(Cc2nc3n(n2)CCCCC3)c2cccc(C)c2)c1. The molecule has 1 aliphatic heterocycles. The summed E-state index contributed by atoms with van der Waals surface area (Å²) in [4.78, 5) is 19.6. The second-order valence-electron chi connectivity index (χ2n) is 7.70. The van der Waals surface area contributed by atoms with Gasteiger partial charge in [-0.3, -0.25) is 4.90 Å². The number of aryl methyl sites for hydroxylation is 4. The summed E-state index contributed by atoms with van der Waals surface area (Å²) in [5.41, 5.74) is 3.82. The smallest absolute Gasteiger partial charge is 0.308 e. The summed E-state index contributed by atoms with van der Waals surface area (Å²) in [6.45, 7) is 5.27. The van der Waals surface area contributed by atoms with E-state index in [4.69, 9.17) is 4.98 Å². The number of carbonyl (C=O) groups is 1. The van der Waals surface area contributed by atoms with E-state index in [9.17, 15) is 4.79 Å². The van der Waals surface area contributed by atoms with E-state index in [1.807, 2.05) is 67.1 Å². The summed E-state index contributed by atoms with van der Waals surface area (Å²) in [5, 5.41) is 7.70. The van der Waals surface area contributed by atoms with Gasteiger partial charge in [-0.05, 0) is 62.1 Å². The Morgan fingerprint density at radius 3 is 2.66 bits per heavy atom. The molecule has 150 valence electrons. The fourth-order valence-electron chi connectivity index (χ4n) is 3.71. The zero-order valence-electron chi connectivity index (χ0n) is 17.1. The molecule has 0 aliphatic carbocycles. The summed E-state index contributed by atoms with van der Waals surface area (Å²) in [5.74, 6) is 1.71. The number of carbonyl (C=O) groups excluding carboxylic acids is 1. The quantitative estimate of drug-likeness (QED) is 0.693. The minimum Gasteiger partial charge on any atom is -0.308 e. The average molecular weight is 390 g/mol. The molecule has 1 aromatic heterocycles. The standard InChI is InChI=1S/C23H27N5O/c1-17-8-6-10-19(14-17)24-23(29)27(20-11-7-9-18(2)15-20)16-21-25-22-12-4-3-5-13-28(22)26-21/h6-11,14-15H,3-5,12-13,16H2,1-2H3,(H,24,29). The molecule has 6 nitrogen and oxygen atoms in total. The van der Waals surface area contributed by atoms with Gasteiger partial charge < -0.3 is 5.32 Å². The molecule has 0 atom stereocenters. The van der Waals surface area contributed by atoms with Crippen LogP contribution < -0.4 is 10.2 Å². The van der Waals surface area contributed by atoms with Crippen LogP contribution in [0.5, 0.6) is 0 Å². The van der Waals surface area contributed by atoms with Gasteiger partial charge in [0.1, 0.15) is 5.82 Å². The first kappa shape index (κ1) is 19.2. The van der Waals surface area contributed by atoms with Crippen LogP contribution in [-0.2, 0) is 19.5 Å². The van der Waals surface area contributed by atoms with E-state index in [1.54, 1.807) is 4.90 Å². The third kappa shape index (κ3) is 4.65. The number of hydrogen-bond donors (Lipinski definition) is 1. The molecule has 0 spiro atoms. The molecule has 2 amide bonds. The van der Waals surface area contributed by atoms with E-state index >= 15 is 0 Å². The monoisotopic (exact) mass is 389 g/mol. The van der Waals surface area contributed by atoms with Crippen molar-refractivity contribution in [2.75, 3.05) is 10.2 Å². The number of fused-ring (bicyclic) bond motifs is 1. The number of nitrogens with zero attached hydrogens (tertiary/aromatic N) is 4. The Morgan fingerprint density at radius 2 is 1.86 bits per heavy atom. The molecule has 0 fully saturated rings. The van der Waals surface area contributed by atoms with Gasteiger partial charge in [0, 0.05) is 24.3 Å². The van der Waals surface area contributed by atoms with Crippen molar-refractivity contribution in [3.05, 3.63) is 71.3 Å². The number of benzene rings is 2. The molecule has 4 rings (SSSR count). The van der Waals surface area contributed by atoms with Crippen molar-refractivity contribution >= 4 is 17.4 Å². The highest BCUT2D eigenvalue weighted by Crippen LogP contribution is 2.21. The van der Waals surface area contributed by atoms with Crippen molar-refractivity contribution in [1.29, 1.82) is 0 Å². The summed E-state index contributed by atoms with van der Waals surface area (Å²) < 4.78 is 2.01. The largest absolute Gasteiger partial charge is 0.326 e. The Kier molecular flexibility index (Phi) is 5.60. The number of nitrogens with one attached hydrogen (secondary N) is 1. The van der Waals surface area contributed by atoms with Crippen LogP contribution in [0.2, 0.25) is 0 Å². The van der Waals surface area contributed by atoms with Gasteiger partial charge in [-0.25, -0.2) is 14.5 Å². The van der Waals surface area contributed by atoms with Gasteiger partial charge in [0.2, 0.25) is 0 Å². The van der Waals surface area contributed by atoms with Gasteiger partial charge in [0.15, 0.2) is 5.82 Å². The van der Waals surface area contributed by atoms with Crippen molar-refractivity contribution in [3.8, 4) is 0 Å². The molecule has 0 bridgehead atoms. The molecular formula is C23H27N5O. The molecule has 0 unspecified atom stereocenters. The van der Waals surface area contributed by atoms with Crippen molar-refractivity contribution < 1.29 is 4.79 Å². The summed E-state index contributed by atoms with van der Waals surface area (Å²) in [6.07, 6.45) is 4.44. The second-order valence-corrected chi connectivity index (χ2v) is 7.70. The predicted octanol–water partition coefficient (Wildman–Crippen LogP) is 4.86. The Balaban J connectivity index is 1.61. The zero-order chi connectivity index (χ0) is 20.2. The molecule has 29 heavy (non-hydrogen) atoms. The molecule has 0 radical (unpaired) electrons. The molecular weight excluding hydrogens is 362 g/mol. The Morgan fingerprint density at radius 1 is 1.07 bits per heavy atom. The number of aromatic nitrogens is 3. The summed E-state index contributed by atoms with van der Waals surface area (Å²) in [7, 11) is 0. The Hall–Kier alpha value is -3.15. The van der Waals surface area contributed by atoms with Crippen LogP contribution in [0.15, 0.2) is 48.5 Å². The first-order chi connectivity index (χ1) is 14.1. The van der Waals surface area contributed by atoms with Crippen LogP contribution in [0.1, 0.15) is 42.0 Å². The minimum atomic E-state index is -0.189. The highest BCUT2D eigenvalue weighted by Gasteiger charge is 2.21. The number of hydrogen-bond acceptors (Lipinski definition) is 3. The van der Waals surface area contributed by atoms with Gasteiger partial charge in [0.25, 0.3) is 0 Å². The maximum absolute atomic E-state index is 13.2. The van der Waals surface area contributed by atoms with Crippen LogP contribution in [0.3, 0.4) is 0 Å². The fourth-order valence-corrected chi connectivity index (χ4v) is 3.71. The average Bonchev–Trinajstić information content (AvgIpc) is 2.94. The second kappa shape index (κ2) is 8.47. The molecule has 3 aromatic rings. The third-order valence-electron chi connectivity index (χ3n) is 5.19. The number of anilines is 2. The normalized spacial score (nSPS) is 13.4. The van der Waals surface area contributed by atoms with E-state index in [0.717, 1.165) is 54.1 Å². The Labute approximate surface area is 171 Å². The van der Waals surface area contributed by atoms with Crippen LogP contribution in [-0.4, -0.2) is 20.8 Å². The lowest BCUT2D eigenvalue weighted by molar-refractivity contribution is 0.256. The Bertz CT molecular complexity index is 987. The first-order valence-electron chi connectivity index (χ1n) is 10.2. The zero-order valence-corrected chi connectivity index (χ0v) is 17.1. The molecule has 0 saturated heterocycles. The number of urea groups is 1. The van der Waals surface area contributed by atoms with Crippen molar-refractivity contribution in [3.63, 3.8) is 0 Å². The van der Waals surface area contributed by atoms with Crippen molar-refractivity contribution in [2.24, 2.45) is 0 Å². The van der Waals surface area contributed by atoms with E-state index < -0.39 is 0 Å². The molecule has 1 N–H and O–H groups in total. The van der Waals surface area contributed by atoms with Crippen molar-refractivity contribution in [2.45, 2.75) is 52.6 Å². The number of amides is 2. The predicted molar refractivity (Wildman–Crippen MR) is 115 cm³/mol. The van der Waals surface area contributed by atoms with E-state index in [-0.39, 0.29) is 6.03 Å². The van der Waals surface area contributed by atoms with Crippen LogP contribution in [0, 0.1) is 13.8 Å². The molecule has 0 saturated carbocycles. The molecule has 2 aromatic carbocycles. The fraction of sp³-hybridized carbons (Fsp3) is 0.348. The number of rotatable bonds is 4. The highest BCUT2D eigenvalue weighted by atomic mass is 16.2. The minimum absolute atomic E-state index is 0.189. The molecule has 6 heteroatoms. The van der Waals surface area contributed by atoms with E-state index in [0.29, 0.717) is 12.4 Å². The first-order valence-corrected chi connectivity index (χ1v) is 10.2. The lowest BCUT2D eigenvalue weighted by Crippen LogP contribution is -2.35. The van der Waals surface area contributed by atoms with Crippen LogP contribution >= 0.6 is 0 Å². The van der Waals surface area contributed by atoms with Crippen LogP contribution in [0.4, 0.5) is 16.2 Å². The van der Waals surface area contributed by atoms with E-state index in [1.165, 1.54) is 6.42 Å².